The number of hydrogen-bond acceptors (Lipinski definition) is 6. The van der Waals surface area contributed by atoms with Gasteiger partial charge >= 0.3 is 5.00 Å². The molecule has 1 aromatic rings. The van der Waals surface area contributed by atoms with Gasteiger partial charge in [-0.05, 0) is 25.2 Å². The Hall–Kier alpha value is -1.21. The smallest absolute Gasteiger partial charge is 0.347 e. The molecule has 0 saturated heterocycles. The van der Waals surface area contributed by atoms with Gasteiger partial charge in [-0.1, -0.05) is 0 Å². The number of ether oxygens (including phenoxy) is 1. The van der Waals surface area contributed by atoms with Crippen LogP contribution < -0.4 is 10.5 Å². The zero-order valence-electron chi connectivity index (χ0n) is 7.89. The molecule has 0 unspecified atom stereocenters. The van der Waals surface area contributed by atoms with Crippen LogP contribution in [0.25, 0.3) is 0 Å². The summed E-state index contributed by atoms with van der Waals surface area (Å²) in [6, 6.07) is 0. The van der Waals surface area contributed by atoms with Crippen LogP contribution in [0.3, 0.4) is 0 Å². The minimum Gasteiger partial charge on any atom is -0.468 e. The molecule has 2 N–H and O–H groups in total. The summed E-state index contributed by atoms with van der Waals surface area (Å²) >= 11 is 0.894. The van der Waals surface area contributed by atoms with Gasteiger partial charge in [0.05, 0.1) is 4.92 Å². The molecular formula is C7H11N3O3S. The van der Waals surface area contributed by atoms with Gasteiger partial charge in [0.15, 0.2) is 0 Å². The summed E-state index contributed by atoms with van der Waals surface area (Å²) in [7, 11) is 0. The molecule has 0 aliphatic rings. The molecule has 0 bridgehead atoms. The summed E-state index contributed by atoms with van der Waals surface area (Å²) in [5.74, 6) is 0. The largest absolute Gasteiger partial charge is 0.468 e. The molecule has 1 heterocycles. The number of nitro groups is 1. The Morgan fingerprint density at radius 2 is 2.43 bits per heavy atom. The lowest BCUT2D eigenvalue weighted by Gasteiger charge is -2.16. The number of thiazole rings is 1. The van der Waals surface area contributed by atoms with Crippen molar-refractivity contribution in [2.75, 3.05) is 6.61 Å². The molecule has 0 aromatic carbocycles. The molecule has 0 amide bonds. The number of nitrogens with two attached hydrogens (primary N) is 1. The van der Waals surface area contributed by atoms with Crippen LogP contribution in [0.5, 0.6) is 5.19 Å². The second-order valence-electron chi connectivity index (χ2n) is 3.50. The van der Waals surface area contributed by atoms with E-state index in [0.29, 0.717) is 0 Å². The molecule has 1 rings (SSSR count). The van der Waals surface area contributed by atoms with Crippen molar-refractivity contribution in [2.45, 2.75) is 19.4 Å². The van der Waals surface area contributed by atoms with Crippen molar-refractivity contribution in [1.29, 1.82) is 0 Å². The Bertz CT molecular complexity index is 331. The van der Waals surface area contributed by atoms with E-state index in [2.05, 4.69) is 4.98 Å². The summed E-state index contributed by atoms with van der Waals surface area (Å²) in [5, 5.41) is 10.6. The highest BCUT2D eigenvalue weighted by Crippen LogP contribution is 2.27. The SMILES string of the molecule is CC(C)(N)COc1ncc([N+](=O)[O-])s1. The molecule has 6 nitrogen and oxygen atoms in total. The first kappa shape index (κ1) is 10.9. The Balaban J connectivity index is 2.56. The first-order valence-corrected chi connectivity index (χ1v) is 4.72. The molecule has 0 fully saturated rings. The van der Waals surface area contributed by atoms with E-state index in [9.17, 15) is 10.1 Å². The highest BCUT2D eigenvalue weighted by Gasteiger charge is 2.16. The van der Waals surface area contributed by atoms with Crippen LogP contribution >= 0.6 is 11.3 Å². The molecular weight excluding hydrogens is 206 g/mol. The fourth-order valence-corrected chi connectivity index (χ4v) is 1.23. The van der Waals surface area contributed by atoms with E-state index >= 15 is 0 Å². The van der Waals surface area contributed by atoms with E-state index in [1.54, 1.807) is 13.8 Å². The molecule has 7 heteroatoms. The number of rotatable bonds is 4. The van der Waals surface area contributed by atoms with E-state index in [1.807, 2.05) is 0 Å². The highest BCUT2D eigenvalue weighted by atomic mass is 32.1. The van der Waals surface area contributed by atoms with Crippen molar-refractivity contribution in [3.8, 4) is 5.19 Å². The van der Waals surface area contributed by atoms with Gasteiger partial charge in [-0.15, -0.1) is 0 Å². The van der Waals surface area contributed by atoms with E-state index in [-0.39, 0.29) is 16.8 Å². The van der Waals surface area contributed by atoms with Crippen molar-refractivity contribution in [3.05, 3.63) is 16.3 Å². The van der Waals surface area contributed by atoms with Gasteiger partial charge in [0.2, 0.25) is 0 Å². The normalized spacial score (nSPS) is 11.4. The Labute approximate surface area is 84.9 Å². The molecule has 0 aliphatic carbocycles. The van der Waals surface area contributed by atoms with Crippen molar-refractivity contribution in [1.82, 2.24) is 4.98 Å². The molecule has 0 saturated carbocycles. The van der Waals surface area contributed by atoms with Gasteiger partial charge < -0.3 is 10.5 Å². The third kappa shape index (κ3) is 3.27. The number of aromatic nitrogens is 1. The van der Waals surface area contributed by atoms with Gasteiger partial charge in [0.1, 0.15) is 12.8 Å². The standard InChI is InChI=1S/C7H11N3O3S/c1-7(2,8)4-13-6-9-3-5(14-6)10(11)12/h3H,4,8H2,1-2H3. The van der Waals surface area contributed by atoms with E-state index < -0.39 is 10.5 Å². The van der Waals surface area contributed by atoms with Crippen molar-refractivity contribution in [3.63, 3.8) is 0 Å². The minimum absolute atomic E-state index is 0.0326. The number of hydrogen-bond donors (Lipinski definition) is 1. The maximum atomic E-state index is 10.3. The van der Waals surface area contributed by atoms with Crippen LogP contribution in [0.4, 0.5) is 5.00 Å². The van der Waals surface area contributed by atoms with Gasteiger partial charge in [0, 0.05) is 5.54 Å². The van der Waals surface area contributed by atoms with Crippen LogP contribution in [-0.2, 0) is 0 Å². The van der Waals surface area contributed by atoms with Gasteiger partial charge in [-0.3, -0.25) is 10.1 Å². The summed E-state index contributed by atoms with van der Waals surface area (Å²) in [5.41, 5.74) is 5.20. The van der Waals surface area contributed by atoms with E-state index in [4.69, 9.17) is 10.5 Å². The zero-order valence-corrected chi connectivity index (χ0v) is 8.71. The van der Waals surface area contributed by atoms with Crippen molar-refractivity contribution in [2.24, 2.45) is 5.73 Å². The van der Waals surface area contributed by atoms with Crippen LogP contribution in [-0.4, -0.2) is 22.1 Å². The predicted octanol–water partition coefficient (Wildman–Crippen LogP) is 1.17. The summed E-state index contributed by atoms with van der Waals surface area (Å²) in [6.07, 6.45) is 1.17. The lowest BCUT2D eigenvalue weighted by Crippen LogP contribution is -2.38. The zero-order chi connectivity index (χ0) is 10.8. The average molecular weight is 217 g/mol. The first-order valence-electron chi connectivity index (χ1n) is 3.90. The van der Waals surface area contributed by atoms with Gasteiger partial charge in [-0.25, -0.2) is 4.98 Å². The Kier molecular flexibility index (Phi) is 3.02. The molecule has 0 radical (unpaired) electrons. The molecule has 0 aliphatic heterocycles. The Morgan fingerprint density at radius 3 is 2.86 bits per heavy atom. The van der Waals surface area contributed by atoms with Crippen LogP contribution in [0, 0.1) is 10.1 Å². The third-order valence-electron chi connectivity index (χ3n) is 1.22. The Morgan fingerprint density at radius 1 is 1.79 bits per heavy atom. The van der Waals surface area contributed by atoms with Crippen LogP contribution in [0.2, 0.25) is 0 Å². The minimum atomic E-state index is -0.502. The van der Waals surface area contributed by atoms with Gasteiger partial charge in [-0.2, -0.15) is 0 Å². The number of nitrogens with zero attached hydrogens (tertiary/aromatic N) is 2. The van der Waals surface area contributed by atoms with Crippen LogP contribution in [0.1, 0.15) is 13.8 Å². The van der Waals surface area contributed by atoms with Crippen molar-refractivity contribution >= 4 is 16.3 Å². The fraction of sp³-hybridized carbons (Fsp3) is 0.571. The summed E-state index contributed by atoms with van der Waals surface area (Å²) in [4.78, 5) is 13.5. The fourth-order valence-electron chi connectivity index (χ4n) is 0.649. The summed E-state index contributed by atoms with van der Waals surface area (Å²) < 4.78 is 5.18. The topological polar surface area (TPSA) is 91.3 Å². The second kappa shape index (κ2) is 3.89. The monoisotopic (exact) mass is 217 g/mol. The van der Waals surface area contributed by atoms with Crippen LogP contribution in [0.15, 0.2) is 6.20 Å². The second-order valence-corrected chi connectivity index (χ2v) is 4.47. The van der Waals surface area contributed by atoms with E-state index in [0.717, 1.165) is 11.3 Å². The molecule has 14 heavy (non-hydrogen) atoms. The first-order chi connectivity index (χ1) is 6.38. The quantitative estimate of drug-likeness (QED) is 0.603. The lowest BCUT2D eigenvalue weighted by molar-refractivity contribution is -0.380. The summed E-state index contributed by atoms with van der Waals surface area (Å²) in [6.45, 7) is 3.88. The predicted molar refractivity (Wildman–Crippen MR) is 52.5 cm³/mol. The molecule has 1 aromatic heterocycles. The maximum Gasteiger partial charge on any atom is 0.347 e. The molecule has 0 spiro atoms. The molecule has 0 atom stereocenters. The van der Waals surface area contributed by atoms with Gasteiger partial charge in [0.25, 0.3) is 5.19 Å². The maximum absolute atomic E-state index is 10.3. The molecule has 78 valence electrons. The van der Waals surface area contributed by atoms with Crippen molar-refractivity contribution < 1.29 is 9.66 Å². The lowest BCUT2D eigenvalue weighted by atomic mass is 10.1. The van der Waals surface area contributed by atoms with E-state index in [1.165, 1.54) is 6.20 Å². The average Bonchev–Trinajstić information content (AvgIpc) is 2.47. The highest BCUT2D eigenvalue weighted by molar-refractivity contribution is 7.16. The third-order valence-corrected chi connectivity index (χ3v) is 2.08.